The van der Waals surface area contributed by atoms with E-state index in [2.05, 4.69) is 20.5 Å². The first-order valence-electron chi connectivity index (χ1n) is 15.7. The normalized spacial score (nSPS) is 16.9. The number of aromatic nitrogens is 1. The van der Waals surface area contributed by atoms with Gasteiger partial charge in [-0.3, -0.25) is 24.2 Å². The lowest BCUT2D eigenvalue weighted by atomic mass is 9.88. The summed E-state index contributed by atoms with van der Waals surface area (Å²) in [6.07, 6.45) is 7.58. The molecule has 2 fully saturated rings. The highest BCUT2D eigenvalue weighted by molar-refractivity contribution is 6.01. The predicted molar refractivity (Wildman–Crippen MR) is 169 cm³/mol. The van der Waals surface area contributed by atoms with Crippen LogP contribution < -0.4 is 25.0 Å². The van der Waals surface area contributed by atoms with Gasteiger partial charge >= 0.3 is 5.97 Å². The molecule has 46 heavy (non-hydrogen) atoms. The molecular formula is C34H37N5O7. The number of amides is 3. The summed E-state index contributed by atoms with van der Waals surface area (Å²) in [5.41, 5.74) is 2.66. The second-order valence-corrected chi connectivity index (χ2v) is 11.8. The van der Waals surface area contributed by atoms with Crippen molar-refractivity contribution < 1.29 is 33.8 Å². The van der Waals surface area contributed by atoms with Crippen molar-refractivity contribution >= 4 is 35.1 Å². The van der Waals surface area contributed by atoms with Crippen LogP contribution >= 0.6 is 0 Å². The van der Waals surface area contributed by atoms with Gasteiger partial charge in [0.15, 0.2) is 11.5 Å². The topological polar surface area (TPSA) is 150 Å². The molecule has 3 aromatic rings. The van der Waals surface area contributed by atoms with Gasteiger partial charge in [-0.05, 0) is 60.9 Å². The molecule has 240 valence electrons. The Kier molecular flexibility index (Phi) is 9.32. The molecule has 3 heterocycles. The molecule has 3 amide bonds. The van der Waals surface area contributed by atoms with Crippen molar-refractivity contribution in [2.75, 3.05) is 43.2 Å². The first kappa shape index (κ1) is 30.9. The van der Waals surface area contributed by atoms with Gasteiger partial charge in [0, 0.05) is 55.6 Å². The SMILES string of the molecule is O=C(O)CC(NC(=O)c1ccc(N2CCN(C(=O)c3ccc4c(c3)OCO4)CC2)c(NC(=O)C2CCCCC2)c1)c1cccnc1. The summed E-state index contributed by atoms with van der Waals surface area (Å²) in [4.78, 5) is 59.6. The van der Waals surface area contributed by atoms with Crippen LogP contribution in [0.4, 0.5) is 11.4 Å². The average Bonchev–Trinajstić information content (AvgIpc) is 3.56. The van der Waals surface area contributed by atoms with Gasteiger partial charge in [0.1, 0.15) is 0 Å². The van der Waals surface area contributed by atoms with E-state index in [4.69, 9.17) is 9.47 Å². The van der Waals surface area contributed by atoms with Gasteiger partial charge in [0.25, 0.3) is 11.8 Å². The molecule has 1 saturated carbocycles. The maximum Gasteiger partial charge on any atom is 0.305 e. The van der Waals surface area contributed by atoms with Gasteiger partial charge in [0.05, 0.1) is 23.8 Å². The van der Waals surface area contributed by atoms with E-state index < -0.39 is 17.9 Å². The summed E-state index contributed by atoms with van der Waals surface area (Å²) in [5.74, 6) is -0.608. The van der Waals surface area contributed by atoms with Crippen molar-refractivity contribution in [1.29, 1.82) is 0 Å². The maximum absolute atomic E-state index is 13.4. The first-order chi connectivity index (χ1) is 22.4. The Morgan fingerprint density at radius 3 is 2.41 bits per heavy atom. The Morgan fingerprint density at radius 2 is 1.67 bits per heavy atom. The van der Waals surface area contributed by atoms with Crippen molar-refractivity contribution in [3.8, 4) is 11.5 Å². The number of nitrogens with one attached hydrogen (secondary N) is 2. The van der Waals surface area contributed by atoms with Crippen LogP contribution in [0.5, 0.6) is 11.5 Å². The van der Waals surface area contributed by atoms with Crippen molar-refractivity contribution in [1.82, 2.24) is 15.2 Å². The molecule has 0 spiro atoms. The summed E-state index contributed by atoms with van der Waals surface area (Å²) in [6.45, 7) is 2.12. The highest BCUT2D eigenvalue weighted by Crippen LogP contribution is 2.34. The number of fused-ring (bicyclic) bond motifs is 1. The molecule has 3 N–H and O–H groups in total. The minimum atomic E-state index is -1.05. The lowest BCUT2D eigenvalue weighted by molar-refractivity contribution is -0.137. The number of hydrogen-bond acceptors (Lipinski definition) is 8. The number of carbonyl (C=O) groups excluding carboxylic acids is 3. The molecule has 1 aromatic heterocycles. The summed E-state index contributed by atoms with van der Waals surface area (Å²) in [5, 5.41) is 15.4. The summed E-state index contributed by atoms with van der Waals surface area (Å²) < 4.78 is 10.8. The molecule has 1 aliphatic carbocycles. The fraction of sp³-hybridized carbons (Fsp3) is 0.382. The molecule has 0 bridgehead atoms. The second-order valence-electron chi connectivity index (χ2n) is 11.8. The number of carbonyl (C=O) groups is 4. The average molecular weight is 628 g/mol. The number of carboxylic acid groups (broad SMARTS) is 1. The highest BCUT2D eigenvalue weighted by atomic mass is 16.7. The molecule has 2 aliphatic heterocycles. The Labute approximate surface area is 266 Å². The molecule has 1 unspecified atom stereocenters. The van der Waals surface area contributed by atoms with E-state index in [0.29, 0.717) is 60.1 Å². The van der Waals surface area contributed by atoms with E-state index in [0.717, 1.165) is 37.8 Å². The molecule has 1 saturated heterocycles. The largest absolute Gasteiger partial charge is 0.481 e. The third-order valence-corrected chi connectivity index (χ3v) is 8.79. The van der Waals surface area contributed by atoms with Crippen molar-refractivity contribution in [3.05, 3.63) is 77.6 Å². The monoisotopic (exact) mass is 627 g/mol. The Hall–Kier alpha value is -5.13. The van der Waals surface area contributed by atoms with E-state index in [1.807, 2.05) is 0 Å². The van der Waals surface area contributed by atoms with E-state index in [-0.39, 0.29) is 30.9 Å². The molecule has 6 rings (SSSR count). The predicted octanol–water partition coefficient (Wildman–Crippen LogP) is 4.24. The van der Waals surface area contributed by atoms with Crippen LogP contribution in [-0.4, -0.2) is 71.7 Å². The number of ether oxygens (including phenoxy) is 2. The molecule has 1 atom stereocenters. The van der Waals surface area contributed by atoms with Gasteiger partial charge in [-0.2, -0.15) is 0 Å². The quantitative estimate of drug-likeness (QED) is 0.317. The van der Waals surface area contributed by atoms with Crippen molar-refractivity contribution in [2.45, 2.75) is 44.6 Å². The van der Waals surface area contributed by atoms with Crippen LogP contribution in [-0.2, 0) is 9.59 Å². The minimum absolute atomic E-state index is 0.0748. The number of benzene rings is 2. The molecule has 0 radical (unpaired) electrons. The molecule has 2 aromatic carbocycles. The Balaban J connectivity index is 1.20. The van der Waals surface area contributed by atoms with Crippen LogP contribution in [0.3, 0.4) is 0 Å². The Bertz CT molecular complexity index is 1600. The van der Waals surface area contributed by atoms with Gasteiger partial charge < -0.3 is 35.0 Å². The van der Waals surface area contributed by atoms with Gasteiger partial charge in [-0.1, -0.05) is 25.3 Å². The number of pyridine rings is 1. The van der Waals surface area contributed by atoms with Crippen molar-refractivity contribution in [2.24, 2.45) is 5.92 Å². The van der Waals surface area contributed by atoms with Crippen LogP contribution in [0.1, 0.15) is 70.8 Å². The third kappa shape index (κ3) is 7.06. The fourth-order valence-electron chi connectivity index (χ4n) is 6.27. The standard InChI is InChI=1S/C34H37N5O7/c40-31(41)19-26(25-7-4-12-35-20-25)36-33(43)23-8-10-28(27(17-23)37-32(42)22-5-2-1-3-6-22)38-13-15-39(16-14-38)34(44)24-9-11-29-30(18-24)46-21-45-29/h4,7-12,17-18,20,22,26H,1-3,5-6,13-16,19,21H2,(H,36,43)(H,37,42)(H,40,41). The van der Waals surface area contributed by atoms with E-state index in [9.17, 15) is 24.3 Å². The number of aliphatic carboxylic acids is 1. The maximum atomic E-state index is 13.4. The zero-order valence-corrected chi connectivity index (χ0v) is 25.4. The Morgan fingerprint density at radius 1 is 0.913 bits per heavy atom. The van der Waals surface area contributed by atoms with Crippen molar-refractivity contribution in [3.63, 3.8) is 0 Å². The minimum Gasteiger partial charge on any atom is -0.481 e. The van der Waals surface area contributed by atoms with Crippen LogP contribution in [0, 0.1) is 5.92 Å². The van der Waals surface area contributed by atoms with Gasteiger partial charge in [0.2, 0.25) is 12.7 Å². The van der Waals surface area contributed by atoms with Crippen LogP contribution in [0.15, 0.2) is 60.9 Å². The summed E-state index contributed by atoms with van der Waals surface area (Å²) in [6, 6.07) is 12.9. The second kappa shape index (κ2) is 13.9. The van der Waals surface area contributed by atoms with Crippen LogP contribution in [0.25, 0.3) is 0 Å². The van der Waals surface area contributed by atoms with E-state index >= 15 is 0 Å². The van der Waals surface area contributed by atoms with E-state index in [1.165, 1.54) is 6.20 Å². The zero-order chi connectivity index (χ0) is 32.0. The summed E-state index contributed by atoms with van der Waals surface area (Å²) >= 11 is 0. The van der Waals surface area contributed by atoms with Gasteiger partial charge in [-0.25, -0.2) is 0 Å². The van der Waals surface area contributed by atoms with Gasteiger partial charge in [-0.15, -0.1) is 0 Å². The molecule has 12 nitrogen and oxygen atoms in total. The number of piperazine rings is 1. The zero-order valence-electron chi connectivity index (χ0n) is 25.4. The lowest BCUT2D eigenvalue weighted by Gasteiger charge is -2.37. The number of rotatable bonds is 9. The summed E-state index contributed by atoms with van der Waals surface area (Å²) in [7, 11) is 0. The third-order valence-electron chi connectivity index (χ3n) is 8.79. The fourth-order valence-corrected chi connectivity index (χ4v) is 6.27. The van der Waals surface area contributed by atoms with Crippen LogP contribution in [0.2, 0.25) is 0 Å². The smallest absolute Gasteiger partial charge is 0.305 e. The highest BCUT2D eigenvalue weighted by Gasteiger charge is 2.28. The first-order valence-corrected chi connectivity index (χ1v) is 15.7. The number of nitrogens with zero attached hydrogens (tertiary/aromatic N) is 3. The number of hydrogen-bond donors (Lipinski definition) is 3. The lowest BCUT2D eigenvalue weighted by Crippen LogP contribution is -2.49. The molecular weight excluding hydrogens is 590 g/mol. The number of carboxylic acids is 1. The molecule has 3 aliphatic rings. The number of anilines is 2. The van der Waals surface area contributed by atoms with E-state index in [1.54, 1.807) is 59.6 Å². The molecule has 12 heteroatoms.